The lowest BCUT2D eigenvalue weighted by Gasteiger charge is -2.38. The molecule has 0 fully saturated rings. The molecule has 0 aliphatic carbocycles. The quantitative estimate of drug-likeness (QED) is 0.302. The number of rotatable bonds is 7. The SMILES string of the molecule is COC(=O)[C@@](c1ccc(F)cc1)(c1cn(C)c2ccccc12)[C@@H](CC=O)c1ccccc1. The molecule has 1 heterocycles. The van der Waals surface area contributed by atoms with Crippen LogP contribution in [-0.4, -0.2) is 23.9 Å². The van der Waals surface area contributed by atoms with E-state index in [0.717, 1.165) is 22.8 Å². The minimum atomic E-state index is -1.37. The number of hydrogen-bond acceptors (Lipinski definition) is 3. The molecule has 4 nitrogen and oxygen atoms in total. The fourth-order valence-electron chi connectivity index (χ4n) is 4.79. The van der Waals surface area contributed by atoms with E-state index in [9.17, 15) is 14.0 Å². The Kier molecular flexibility index (Phi) is 5.91. The van der Waals surface area contributed by atoms with Crippen LogP contribution in [0.15, 0.2) is 85.1 Å². The van der Waals surface area contributed by atoms with Crippen LogP contribution in [-0.2, 0) is 26.8 Å². The lowest BCUT2D eigenvalue weighted by molar-refractivity contribution is -0.146. The molecule has 3 aromatic carbocycles. The van der Waals surface area contributed by atoms with E-state index in [1.54, 1.807) is 12.1 Å². The van der Waals surface area contributed by atoms with E-state index in [4.69, 9.17) is 4.74 Å². The predicted octanol–water partition coefficient (Wildman–Crippen LogP) is 5.15. The molecule has 0 N–H and O–H groups in total. The van der Waals surface area contributed by atoms with Gasteiger partial charge in [0.2, 0.25) is 0 Å². The fraction of sp³-hybridized carbons (Fsp3) is 0.185. The Hall–Kier alpha value is -3.73. The van der Waals surface area contributed by atoms with Gasteiger partial charge in [0, 0.05) is 36.5 Å². The van der Waals surface area contributed by atoms with Crippen molar-refractivity contribution in [2.75, 3.05) is 7.11 Å². The van der Waals surface area contributed by atoms with Crippen molar-refractivity contribution in [3.05, 3.63) is 108 Å². The summed E-state index contributed by atoms with van der Waals surface area (Å²) in [7, 11) is 3.25. The van der Waals surface area contributed by atoms with Crippen molar-refractivity contribution in [2.24, 2.45) is 7.05 Å². The summed E-state index contributed by atoms with van der Waals surface area (Å²) in [6, 6.07) is 23.1. The van der Waals surface area contributed by atoms with Gasteiger partial charge in [-0.15, -0.1) is 0 Å². The molecule has 0 radical (unpaired) electrons. The monoisotopic (exact) mass is 429 g/mol. The second-order valence-corrected chi connectivity index (χ2v) is 7.84. The summed E-state index contributed by atoms with van der Waals surface area (Å²) in [4.78, 5) is 25.7. The van der Waals surface area contributed by atoms with Crippen LogP contribution in [0, 0.1) is 5.82 Å². The molecule has 1 aromatic heterocycles. The second-order valence-electron chi connectivity index (χ2n) is 7.84. The van der Waals surface area contributed by atoms with E-state index < -0.39 is 23.1 Å². The normalized spacial score (nSPS) is 14.0. The topological polar surface area (TPSA) is 48.3 Å². The number of carbonyl (C=O) groups excluding carboxylic acids is 2. The first-order chi connectivity index (χ1) is 15.5. The molecule has 0 saturated heterocycles. The van der Waals surface area contributed by atoms with Crippen LogP contribution in [0.5, 0.6) is 0 Å². The van der Waals surface area contributed by atoms with Gasteiger partial charge in [0.1, 0.15) is 17.5 Å². The van der Waals surface area contributed by atoms with E-state index >= 15 is 0 Å². The van der Waals surface area contributed by atoms with Gasteiger partial charge in [-0.2, -0.15) is 0 Å². The van der Waals surface area contributed by atoms with Gasteiger partial charge in [0.05, 0.1) is 7.11 Å². The lowest BCUT2D eigenvalue weighted by atomic mass is 9.62. The van der Waals surface area contributed by atoms with Crippen molar-refractivity contribution in [1.29, 1.82) is 0 Å². The molecule has 2 atom stereocenters. The summed E-state index contributed by atoms with van der Waals surface area (Å²) in [5, 5.41) is 0.872. The van der Waals surface area contributed by atoms with Crippen molar-refractivity contribution >= 4 is 23.2 Å². The minimum absolute atomic E-state index is 0.0830. The number of aldehydes is 1. The third kappa shape index (κ3) is 3.40. The smallest absolute Gasteiger partial charge is 0.321 e. The summed E-state index contributed by atoms with van der Waals surface area (Å²) in [5.41, 5.74) is 1.67. The largest absolute Gasteiger partial charge is 0.468 e. The summed E-state index contributed by atoms with van der Waals surface area (Å²) < 4.78 is 21.3. The van der Waals surface area contributed by atoms with E-state index in [1.807, 2.05) is 72.4 Å². The molecule has 0 saturated carbocycles. The summed E-state index contributed by atoms with van der Waals surface area (Å²) in [6.07, 6.45) is 2.81. The fourth-order valence-corrected chi connectivity index (χ4v) is 4.79. The van der Waals surface area contributed by atoms with Crippen LogP contribution < -0.4 is 0 Å². The first-order valence-electron chi connectivity index (χ1n) is 10.4. The number of ether oxygens (including phenoxy) is 1. The molecule has 162 valence electrons. The number of methoxy groups -OCH3 is 1. The highest BCUT2D eigenvalue weighted by molar-refractivity contribution is 5.97. The average Bonchev–Trinajstić information content (AvgIpc) is 3.17. The van der Waals surface area contributed by atoms with Gasteiger partial charge in [-0.05, 0) is 34.9 Å². The van der Waals surface area contributed by atoms with Crippen LogP contribution in [0.3, 0.4) is 0 Å². The Labute approximate surface area is 186 Å². The lowest BCUT2D eigenvalue weighted by Crippen LogP contribution is -2.44. The van der Waals surface area contributed by atoms with E-state index in [0.29, 0.717) is 11.1 Å². The number of aromatic nitrogens is 1. The Bertz CT molecular complexity index is 1250. The van der Waals surface area contributed by atoms with Gasteiger partial charge in [-0.1, -0.05) is 60.7 Å². The molecule has 4 rings (SSSR count). The van der Waals surface area contributed by atoms with Crippen LogP contribution in [0.2, 0.25) is 0 Å². The maximum Gasteiger partial charge on any atom is 0.321 e. The summed E-state index contributed by atoms with van der Waals surface area (Å²) in [5.74, 6) is -1.47. The van der Waals surface area contributed by atoms with Crippen molar-refractivity contribution in [1.82, 2.24) is 4.57 Å². The molecule has 0 aliphatic heterocycles. The molecule has 5 heteroatoms. The summed E-state index contributed by atoms with van der Waals surface area (Å²) in [6.45, 7) is 0. The molecule has 0 spiro atoms. The minimum Gasteiger partial charge on any atom is -0.468 e. The molecule has 0 aliphatic rings. The zero-order valence-corrected chi connectivity index (χ0v) is 18.0. The van der Waals surface area contributed by atoms with Crippen molar-refractivity contribution < 1.29 is 18.7 Å². The van der Waals surface area contributed by atoms with Gasteiger partial charge >= 0.3 is 5.97 Å². The Morgan fingerprint density at radius 3 is 2.34 bits per heavy atom. The second kappa shape index (κ2) is 8.79. The van der Waals surface area contributed by atoms with E-state index in [2.05, 4.69) is 0 Å². The number of halogens is 1. The highest BCUT2D eigenvalue weighted by atomic mass is 19.1. The number of benzene rings is 3. The maximum absolute atomic E-state index is 13.9. The average molecular weight is 429 g/mol. The third-order valence-electron chi connectivity index (χ3n) is 6.19. The van der Waals surface area contributed by atoms with Crippen LogP contribution >= 0.6 is 0 Å². The van der Waals surface area contributed by atoms with E-state index in [1.165, 1.54) is 19.2 Å². The van der Waals surface area contributed by atoms with Crippen LogP contribution in [0.1, 0.15) is 29.0 Å². The molecular formula is C27H24FNO3. The molecule has 4 aromatic rings. The molecule has 32 heavy (non-hydrogen) atoms. The maximum atomic E-state index is 13.9. The predicted molar refractivity (Wildman–Crippen MR) is 122 cm³/mol. The van der Waals surface area contributed by atoms with E-state index in [-0.39, 0.29) is 6.42 Å². The van der Waals surface area contributed by atoms with Crippen LogP contribution in [0.25, 0.3) is 10.9 Å². The van der Waals surface area contributed by atoms with Crippen molar-refractivity contribution in [3.63, 3.8) is 0 Å². The number of fused-ring (bicyclic) bond motifs is 1. The zero-order chi connectivity index (χ0) is 22.7. The van der Waals surface area contributed by atoms with Gasteiger partial charge < -0.3 is 14.1 Å². The molecule has 0 amide bonds. The Morgan fingerprint density at radius 2 is 1.69 bits per heavy atom. The number of nitrogens with zero attached hydrogens (tertiary/aromatic N) is 1. The molecule has 0 unspecified atom stereocenters. The first-order valence-corrected chi connectivity index (χ1v) is 10.4. The zero-order valence-electron chi connectivity index (χ0n) is 18.0. The van der Waals surface area contributed by atoms with Crippen molar-refractivity contribution in [3.8, 4) is 0 Å². The van der Waals surface area contributed by atoms with Gasteiger partial charge in [-0.25, -0.2) is 4.39 Å². The number of carbonyl (C=O) groups is 2. The highest BCUT2D eigenvalue weighted by Crippen LogP contribution is 2.49. The molecular weight excluding hydrogens is 405 g/mol. The number of aryl methyl sites for hydroxylation is 1. The first kappa shape index (κ1) is 21.5. The molecule has 0 bridgehead atoms. The number of para-hydroxylation sites is 1. The third-order valence-corrected chi connectivity index (χ3v) is 6.19. The van der Waals surface area contributed by atoms with Crippen LogP contribution in [0.4, 0.5) is 4.39 Å². The standard InChI is InChI=1S/C27H24FNO3/c1-29-18-24(22-10-6-7-11-25(22)29)27(26(31)32-2,20-12-14-21(28)15-13-20)23(16-17-30)19-8-4-3-5-9-19/h3-15,17-18,23H,16H2,1-2H3/t23-,27+/m0/s1. The Balaban J connectivity index is 2.16. The van der Waals surface area contributed by atoms with Gasteiger partial charge in [0.15, 0.2) is 0 Å². The van der Waals surface area contributed by atoms with Gasteiger partial charge in [-0.3, -0.25) is 4.79 Å². The number of hydrogen-bond donors (Lipinski definition) is 0. The summed E-state index contributed by atoms with van der Waals surface area (Å²) >= 11 is 0. The highest BCUT2D eigenvalue weighted by Gasteiger charge is 2.51. The van der Waals surface area contributed by atoms with Crippen molar-refractivity contribution in [2.45, 2.75) is 17.8 Å². The number of esters is 1. The Morgan fingerprint density at radius 1 is 1.03 bits per heavy atom. The van der Waals surface area contributed by atoms with Gasteiger partial charge in [0.25, 0.3) is 0 Å².